The molecule has 0 bridgehead atoms. The van der Waals surface area contributed by atoms with E-state index in [1.807, 2.05) is 0 Å². The van der Waals surface area contributed by atoms with Crippen molar-refractivity contribution in [2.75, 3.05) is 13.7 Å². The van der Waals surface area contributed by atoms with E-state index in [0.29, 0.717) is 18.6 Å². The van der Waals surface area contributed by atoms with Gasteiger partial charge in [0, 0.05) is 19.8 Å². The fraction of sp³-hybridized carbons (Fsp3) is 0.417. The second kappa shape index (κ2) is 6.92. The SMILES string of the molecule is COCCC(C)NS(=O)(=O)c1ccc(F)c(C(=O)O)c1F. The summed E-state index contributed by atoms with van der Waals surface area (Å²) in [4.78, 5) is 9.86. The molecule has 0 aliphatic heterocycles. The molecule has 9 heteroatoms. The van der Waals surface area contributed by atoms with Gasteiger partial charge in [0.15, 0.2) is 5.82 Å². The average molecular weight is 323 g/mol. The molecule has 0 aliphatic carbocycles. The van der Waals surface area contributed by atoms with Crippen molar-refractivity contribution in [3.05, 3.63) is 29.3 Å². The highest BCUT2D eigenvalue weighted by Crippen LogP contribution is 2.21. The van der Waals surface area contributed by atoms with E-state index in [1.165, 1.54) is 14.0 Å². The maximum absolute atomic E-state index is 13.9. The Labute approximate surface area is 120 Å². The lowest BCUT2D eigenvalue weighted by Crippen LogP contribution is -2.34. The second-order valence-corrected chi connectivity index (χ2v) is 6.03. The maximum atomic E-state index is 13.9. The molecule has 0 heterocycles. The number of rotatable bonds is 7. The summed E-state index contributed by atoms with van der Waals surface area (Å²) in [5.41, 5.74) is -1.30. The van der Waals surface area contributed by atoms with Gasteiger partial charge >= 0.3 is 5.97 Å². The van der Waals surface area contributed by atoms with Crippen LogP contribution in [0, 0.1) is 11.6 Å². The lowest BCUT2D eigenvalue weighted by atomic mass is 10.2. The number of carboxylic acid groups (broad SMARTS) is 1. The number of sulfonamides is 1. The third kappa shape index (κ3) is 4.19. The first-order chi connectivity index (χ1) is 9.70. The van der Waals surface area contributed by atoms with Crippen molar-refractivity contribution in [1.29, 1.82) is 0 Å². The van der Waals surface area contributed by atoms with Crippen LogP contribution in [0.25, 0.3) is 0 Å². The van der Waals surface area contributed by atoms with E-state index in [1.54, 1.807) is 0 Å². The fourth-order valence-electron chi connectivity index (χ4n) is 1.62. The van der Waals surface area contributed by atoms with Gasteiger partial charge in [-0.2, -0.15) is 0 Å². The zero-order valence-electron chi connectivity index (χ0n) is 11.4. The lowest BCUT2D eigenvalue weighted by molar-refractivity contribution is 0.0685. The summed E-state index contributed by atoms with van der Waals surface area (Å²) >= 11 is 0. The lowest BCUT2D eigenvalue weighted by Gasteiger charge is -2.14. The number of benzene rings is 1. The first-order valence-corrected chi connectivity index (χ1v) is 7.41. The molecule has 21 heavy (non-hydrogen) atoms. The molecular formula is C12H15F2NO5S. The van der Waals surface area contributed by atoms with Gasteiger partial charge in [-0.1, -0.05) is 0 Å². The van der Waals surface area contributed by atoms with Crippen LogP contribution in [0.4, 0.5) is 8.78 Å². The van der Waals surface area contributed by atoms with E-state index >= 15 is 0 Å². The molecule has 0 aromatic heterocycles. The van der Waals surface area contributed by atoms with Crippen molar-refractivity contribution in [3.8, 4) is 0 Å². The Bertz CT molecular complexity index is 633. The standard InChI is InChI=1S/C12H15F2NO5S/c1-7(5-6-20-2)15-21(18,19)9-4-3-8(13)10(11(9)14)12(16)17/h3-4,7,15H,5-6H2,1-2H3,(H,16,17). The molecule has 6 nitrogen and oxygen atoms in total. The summed E-state index contributed by atoms with van der Waals surface area (Å²) in [6.07, 6.45) is 0.338. The van der Waals surface area contributed by atoms with Gasteiger partial charge in [-0.25, -0.2) is 26.7 Å². The number of carbonyl (C=O) groups is 1. The number of nitrogens with one attached hydrogen (secondary N) is 1. The molecular weight excluding hydrogens is 308 g/mol. The van der Waals surface area contributed by atoms with E-state index < -0.39 is 44.1 Å². The van der Waals surface area contributed by atoms with Gasteiger partial charge in [0.25, 0.3) is 0 Å². The van der Waals surface area contributed by atoms with Crippen LogP contribution in [-0.4, -0.2) is 39.3 Å². The van der Waals surface area contributed by atoms with Crippen LogP contribution in [0.2, 0.25) is 0 Å². The maximum Gasteiger partial charge on any atom is 0.341 e. The first-order valence-electron chi connectivity index (χ1n) is 5.93. The summed E-state index contributed by atoms with van der Waals surface area (Å²) in [7, 11) is -2.86. The van der Waals surface area contributed by atoms with Gasteiger partial charge in [0.05, 0.1) is 0 Å². The third-order valence-corrected chi connectivity index (χ3v) is 4.28. The Morgan fingerprint density at radius 1 is 1.43 bits per heavy atom. The molecule has 1 atom stereocenters. The predicted octanol–water partition coefficient (Wildman–Crippen LogP) is 1.37. The van der Waals surface area contributed by atoms with Crippen LogP contribution in [-0.2, 0) is 14.8 Å². The van der Waals surface area contributed by atoms with Crippen molar-refractivity contribution < 1.29 is 31.8 Å². The molecule has 0 radical (unpaired) electrons. The fourth-order valence-corrected chi connectivity index (χ4v) is 2.98. The number of hydrogen-bond acceptors (Lipinski definition) is 4. The van der Waals surface area contributed by atoms with E-state index in [2.05, 4.69) is 4.72 Å². The summed E-state index contributed by atoms with van der Waals surface area (Å²) in [6, 6.07) is 0.719. The van der Waals surface area contributed by atoms with Crippen molar-refractivity contribution in [2.45, 2.75) is 24.3 Å². The Balaban J connectivity index is 3.15. The van der Waals surface area contributed by atoms with Crippen LogP contribution in [0.3, 0.4) is 0 Å². The van der Waals surface area contributed by atoms with Gasteiger partial charge in [-0.05, 0) is 25.5 Å². The van der Waals surface area contributed by atoms with E-state index in [-0.39, 0.29) is 6.61 Å². The smallest absolute Gasteiger partial charge is 0.341 e. The first kappa shape index (κ1) is 17.5. The minimum absolute atomic E-state index is 0.288. The topological polar surface area (TPSA) is 92.7 Å². The quantitative estimate of drug-likeness (QED) is 0.790. The summed E-state index contributed by atoms with van der Waals surface area (Å²) in [6.45, 7) is 1.83. The normalized spacial score (nSPS) is 13.1. The molecule has 0 spiro atoms. The van der Waals surface area contributed by atoms with Gasteiger partial charge in [-0.3, -0.25) is 0 Å². The number of ether oxygens (including phenoxy) is 1. The van der Waals surface area contributed by atoms with Crippen molar-refractivity contribution >= 4 is 16.0 Å². The highest BCUT2D eigenvalue weighted by molar-refractivity contribution is 7.89. The van der Waals surface area contributed by atoms with E-state index in [9.17, 15) is 22.0 Å². The monoisotopic (exact) mass is 323 g/mol. The highest BCUT2D eigenvalue weighted by atomic mass is 32.2. The number of hydrogen-bond donors (Lipinski definition) is 2. The molecule has 1 unspecified atom stereocenters. The van der Waals surface area contributed by atoms with Crippen molar-refractivity contribution in [1.82, 2.24) is 4.72 Å². The van der Waals surface area contributed by atoms with Crippen LogP contribution in [0.5, 0.6) is 0 Å². The summed E-state index contributed by atoms with van der Waals surface area (Å²) in [5, 5.41) is 8.72. The highest BCUT2D eigenvalue weighted by Gasteiger charge is 2.27. The van der Waals surface area contributed by atoms with Crippen molar-refractivity contribution in [2.24, 2.45) is 0 Å². The van der Waals surface area contributed by atoms with E-state index in [4.69, 9.17) is 9.84 Å². The molecule has 1 aromatic carbocycles. The molecule has 1 aromatic rings. The van der Waals surface area contributed by atoms with E-state index in [0.717, 1.165) is 0 Å². The third-order valence-electron chi connectivity index (χ3n) is 2.67. The summed E-state index contributed by atoms with van der Waals surface area (Å²) < 4.78 is 58.1. The van der Waals surface area contributed by atoms with Crippen LogP contribution in [0.1, 0.15) is 23.7 Å². The molecule has 118 valence electrons. The number of halogens is 2. The molecule has 1 rings (SSSR count). The van der Waals surface area contributed by atoms with Gasteiger partial charge in [-0.15, -0.1) is 0 Å². The molecule has 0 fully saturated rings. The summed E-state index contributed by atoms with van der Waals surface area (Å²) in [5.74, 6) is -4.85. The molecule has 0 aliphatic rings. The molecule has 0 saturated carbocycles. The Morgan fingerprint density at radius 2 is 2.05 bits per heavy atom. The Morgan fingerprint density at radius 3 is 2.57 bits per heavy atom. The number of methoxy groups -OCH3 is 1. The number of carboxylic acids is 1. The minimum atomic E-state index is -4.30. The zero-order chi connectivity index (χ0) is 16.2. The second-order valence-electron chi connectivity index (χ2n) is 4.34. The van der Waals surface area contributed by atoms with Crippen LogP contribution >= 0.6 is 0 Å². The van der Waals surface area contributed by atoms with Gasteiger partial charge in [0.1, 0.15) is 16.3 Å². The minimum Gasteiger partial charge on any atom is -0.477 e. The predicted molar refractivity (Wildman–Crippen MR) is 69.6 cm³/mol. The Kier molecular flexibility index (Phi) is 5.76. The Hall–Kier alpha value is -1.58. The molecule has 0 amide bonds. The number of aromatic carboxylic acids is 1. The largest absolute Gasteiger partial charge is 0.477 e. The average Bonchev–Trinajstić information content (AvgIpc) is 2.34. The van der Waals surface area contributed by atoms with Crippen molar-refractivity contribution in [3.63, 3.8) is 0 Å². The van der Waals surface area contributed by atoms with Gasteiger partial charge in [0.2, 0.25) is 10.0 Å². The molecule has 2 N–H and O–H groups in total. The van der Waals surface area contributed by atoms with Gasteiger partial charge < -0.3 is 9.84 Å². The van der Waals surface area contributed by atoms with Crippen LogP contribution in [0.15, 0.2) is 17.0 Å². The zero-order valence-corrected chi connectivity index (χ0v) is 12.2. The van der Waals surface area contributed by atoms with Crippen LogP contribution < -0.4 is 4.72 Å². The molecule has 0 saturated heterocycles.